The topological polar surface area (TPSA) is 60.5 Å². The lowest BCUT2D eigenvalue weighted by Gasteiger charge is -2.24. The van der Waals surface area contributed by atoms with Crippen molar-refractivity contribution in [3.05, 3.63) is 16.1 Å². The van der Waals surface area contributed by atoms with Crippen molar-refractivity contribution in [2.45, 2.75) is 63.2 Å². The third kappa shape index (κ3) is 3.67. The van der Waals surface area contributed by atoms with Crippen molar-refractivity contribution < 1.29 is 14.3 Å². The fourth-order valence-corrected chi connectivity index (χ4v) is 4.16. The summed E-state index contributed by atoms with van der Waals surface area (Å²) in [6, 6.07) is 0.0906. The molecule has 0 radical (unpaired) electrons. The number of carbonyl (C=O) groups excluding carboxylic acids is 1. The molecule has 2 heterocycles. The van der Waals surface area contributed by atoms with Gasteiger partial charge in [-0.3, -0.25) is 4.79 Å². The number of nitrogens with one attached hydrogen (secondary N) is 1. The van der Waals surface area contributed by atoms with Gasteiger partial charge in [0, 0.05) is 19.1 Å². The van der Waals surface area contributed by atoms with Crippen LogP contribution in [0.25, 0.3) is 0 Å². The molecule has 2 fully saturated rings. The van der Waals surface area contributed by atoms with E-state index in [1.165, 1.54) is 24.2 Å². The van der Waals surface area contributed by atoms with Gasteiger partial charge in [0.25, 0.3) is 5.91 Å². The van der Waals surface area contributed by atoms with E-state index in [9.17, 15) is 4.79 Å². The third-order valence-electron chi connectivity index (χ3n) is 4.53. The van der Waals surface area contributed by atoms with Gasteiger partial charge in [0.2, 0.25) is 0 Å². The van der Waals surface area contributed by atoms with Gasteiger partial charge in [-0.05, 0) is 25.7 Å². The fourth-order valence-electron chi connectivity index (χ4n) is 3.28. The summed E-state index contributed by atoms with van der Waals surface area (Å²) >= 11 is 1.52. The number of hydrogen-bond acceptors (Lipinski definition) is 5. The number of aromatic nitrogens is 1. The van der Waals surface area contributed by atoms with E-state index in [1.807, 2.05) is 5.38 Å². The van der Waals surface area contributed by atoms with Crippen molar-refractivity contribution in [3.8, 4) is 0 Å². The molecule has 5 nitrogen and oxygen atoms in total. The third-order valence-corrected chi connectivity index (χ3v) is 5.47. The van der Waals surface area contributed by atoms with Crippen molar-refractivity contribution in [2.24, 2.45) is 0 Å². The highest BCUT2D eigenvalue weighted by Gasteiger charge is 2.27. The first kappa shape index (κ1) is 15.9. The summed E-state index contributed by atoms with van der Waals surface area (Å²) in [4.78, 5) is 16.9. The van der Waals surface area contributed by atoms with Crippen LogP contribution in [0.2, 0.25) is 0 Å². The Balaban J connectivity index is 1.63. The lowest BCUT2D eigenvalue weighted by atomic mass is 10.1. The van der Waals surface area contributed by atoms with Gasteiger partial charge in [0.1, 0.15) is 16.8 Å². The number of methoxy groups -OCH3 is 1. The highest BCUT2D eigenvalue weighted by molar-refractivity contribution is 7.09. The molecule has 0 bridgehead atoms. The van der Waals surface area contributed by atoms with Crippen molar-refractivity contribution in [3.63, 3.8) is 0 Å². The van der Waals surface area contributed by atoms with Crippen LogP contribution in [0.3, 0.4) is 0 Å². The van der Waals surface area contributed by atoms with E-state index in [2.05, 4.69) is 10.3 Å². The van der Waals surface area contributed by atoms with Crippen LogP contribution in [0.1, 0.15) is 66.5 Å². The number of ether oxygens (including phenoxy) is 2. The Morgan fingerprint density at radius 3 is 2.95 bits per heavy atom. The molecule has 2 aliphatic rings. The molecule has 1 aromatic heterocycles. The van der Waals surface area contributed by atoms with Gasteiger partial charge in [-0.15, -0.1) is 11.3 Å². The summed E-state index contributed by atoms with van der Waals surface area (Å²) in [6.07, 6.45) is 7.79. The molecule has 1 saturated carbocycles. The van der Waals surface area contributed by atoms with Gasteiger partial charge in [-0.1, -0.05) is 19.3 Å². The highest BCUT2D eigenvalue weighted by atomic mass is 32.1. The maximum absolute atomic E-state index is 12.5. The molecular weight excluding hydrogens is 300 g/mol. The summed E-state index contributed by atoms with van der Waals surface area (Å²) in [7, 11) is 1.73. The molecule has 0 spiro atoms. The van der Waals surface area contributed by atoms with Crippen LogP contribution in [-0.2, 0) is 9.47 Å². The second-order valence-electron chi connectivity index (χ2n) is 6.06. The van der Waals surface area contributed by atoms with Crippen LogP contribution < -0.4 is 5.32 Å². The Labute approximate surface area is 135 Å². The van der Waals surface area contributed by atoms with E-state index in [0.29, 0.717) is 5.69 Å². The summed E-state index contributed by atoms with van der Waals surface area (Å²) in [6.45, 7) is 0.795. The minimum absolute atomic E-state index is 0.0798. The minimum atomic E-state index is -0.0885. The molecule has 1 saturated heterocycles. The Hall–Kier alpha value is -0.980. The zero-order chi connectivity index (χ0) is 15.4. The Morgan fingerprint density at radius 2 is 2.18 bits per heavy atom. The van der Waals surface area contributed by atoms with Crippen LogP contribution in [0.15, 0.2) is 5.38 Å². The Kier molecular flexibility index (Phi) is 5.44. The highest BCUT2D eigenvalue weighted by Crippen LogP contribution is 2.30. The first-order chi connectivity index (χ1) is 10.8. The average Bonchev–Trinajstić information content (AvgIpc) is 3.16. The molecule has 1 amide bonds. The summed E-state index contributed by atoms with van der Waals surface area (Å²) in [5.41, 5.74) is 0.509. The molecule has 1 N–H and O–H groups in total. The molecule has 0 aromatic carbocycles. The second kappa shape index (κ2) is 7.53. The first-order valence-electron chi connectivity index (χ1n) is 8.18. The molecule has 122 valence electrons. The number of amides is 1. The monoisotopic (exact) mass is 324 g/mol. The number of nitrogens with zero attached hydrogens (tertiary/aromatic N) is 1. The van der Waals surface area contributed by atoms with Gasteiger partial charge in [-0.2, -0.15) is 0 Å². The number of hydrogen-bond donors (Lipinski definition) is 1. The molecule has 6 heteroatoms. The molecule has 1 aliphatic heterocycles. The molecule has 0 unspecified atom stereocenters. The summed E-state index contributed by atoms with van der Waals surface area (Å²) < 4.78 is 11.2. The smallest absolute Gasteiger partial charge is 0.271 e. The molecular formula is C16H24N2O3S. The SMILES string of the molecule is CO[C@@H]1CCCCC[C@@H]1NC(=O)c1csc([C@H]2CCCO2)n1. The number of thiazole rings is 1. The quantitative estimate of drug-likeness (QED) is 0.865. The van der Waals surface area contributed by atoms with Crippen molar-refractivity contribution >= 4 is 17.2 Å². The van der Waals surface area contributed by atoms with Crippen LogP contribution >= 0.6 is 11.3 Å². The predicted molar refractivity (Wildman–Crippen MR) is 85.2 cm³/mol. The van der Waals surface area contributed by atoms with Crippen LogP contribution in [-0.4, -0.2) is 36.8 Å². The molecule has 3 rings (SSSR count). The van der Waals surface area contributed by atoms with Gasteiger partial charge >= 0.3 is 0 Å². The van der Waals surface area contributed by atoms with Gasteiger partial charge < -0.3 is 14.8 Å². The fraction of sp³-hybridized carbons (Fsp3) is 0.750. The lowest BCUT2D eigenvalue weighted by molar-refractivity contribution is 0.0566. The van der Waals surface area contributed by atoms with Gasteiger partial charge in [0.05, 0.1) is 12.1 Å². The van der Waals surface area contributed by atoms with Crippen LogP contribution in [0.4, 0.5) is 0 Å². The van der Waals surface area contributed by atoms with E-state index in [1.54, 1.807) is 7.11 Å². The normalized spacial score (nSPS) is 29.2. The van der Waals surface area contributed by atoms with E-state index < -0.39 is 0 Å². The van der Waals surface area contributed by atoms with Crippen LogP contribution in [0, 0.1) is 0 Å². The van der Waals surface area contributed by atoms with E-state index >= 15 is 0 Å². The van der Waals surface area contributed by atoms with E-state index in [0.717, 1.165) is 43.7 Å². The zero-order valence-corrected chi connectivity index (χ0v) is 13.9. The van der Waals surface area contributed by atoms with E-state index in [4.69, 9.17) is 9.47 Å². The average molecular weight is 324 g/mol. The van der Waals surface area contributed by atoms with Crippen molar-refractivity contribution in [1.29, 1.82) is 0 Å². The van der Waals surface area contributed by atoms with Gasteiger partial charge in [-0.25, -0.2) is 4.98 Å². The standard InChI is InChI=1S/C16H24N2O3S/c1-20-13-7-4-2-3-6-11(13)17-15(19)12-10-22-16(18-12)14-8-5-9-21-14/h10-11,13-14H,2-9H2,1H3,(H,17,19)/t11-,13+,14+/m0/s1. The van der Waals surface area contributed by atoms with Crippen molar-refractivity contribution in [2.75, 3.05) is 13.7 Å². The van der Waals surface area contributed by atoms with Crippen molar-refractivity contribution in [1.82, 2.24) is 10.3 Å². The molecule has 1 aliphatic carbocycles. The molecule has 1 aromatic rings. The summed E-state index contributed by atoms with van der Waals surface area (Å²) in [5.74, 6) is -0.0885. The molecule has 22 heavy (non-hydrogen) atoms. The molecule has 3 atom stereocenters. The maximum atomic E-state index is 12.5. The number of rotatable bonds is 4. The van der Waals surface area contributed by atoms with Gasteiger partial charge in [0.15, 0.2) is 0 Å². The lowest BCUT2D eigenvalue weighted by Crippen LogP contribution is -2.43. The summed E-state index contributed by atoms with van der Waals surface area (Å²) in [5, 5.41) is 5.88. The Bertz CT molecular complexity index is 499. The Morgan fingerprint density at radius 1 is 1.32 bits per heavy atom. The predicted octanol–water partition coefficient (Wildman–Crippen LogP) is 3.07. The van der Waals surface area contributed by atoms with Crippen LogP contribution in [0.5, 0.6) is 0 Å². The first-order valence-corrected chi connectivity index (χ1v) is 9.06. The maximum Gasteiger partial charge on any atom is 0.271 e. The van der Waals surface area contributed by atoms with E-state index in [-0.39, 0.29) is 24.2 Å². The largest absolute Gasteiger partial charge is 0.379 e. The minimum Gasteiger partial charge on any atom is -0.379 e. The number of carbonyl (C=O) groups is 1. The second-order valence-corrected chi connectivity index (χ2v) is 6.95. The zero-order valence-electron chi connectivity index (χ0n) is 13.0.